The van der Waals surface area contributed by atoms with Gasteiger partial charge in [0.05, 0.1) is 14.2 Å². The fourth-order valence-corrected chi connectivity index (χ4v) is 2.38. The maximum Gasteiger partial charge on any atom is 0.314 e. The molecule has 128 valence electrons. The van der Waals surface area contributed by atoms with E-state index >= 15 is 0 Å². The van der Waals surface area contributed by atoms with E-state index in [4.69, 9.17) is 9.47 Å². The summed E-state index contributed by atoms with van der Waals surface area (Å²) < 4.78 is 10.5. The Hall–Kier alpha value is -2.69. The Morgan fingerprint density at radius 2 is 1.46 bits per heavy atom. The Morgan fingerprint density at radius 3 is 2.08 bits per heavy atom. The van der Waals surface area contributed by atoms with Crippen LogP contribution in [0.5, 0.6) is 11.5 Å². The largest absolute Gasteiger partial charge is 0.493 e. The summed E-state index contributed by atoms with van der Waals surface area (Å²) in [6, 6.07) is 15.7. The van der Waals surface area contributed by atoms with Gasteiger partial charge in [-0.25, -0.2) is 4.79 Å². The van der Waals surface area contributed by atoms with Crippen molar-refractivity contribution in [1.82, 2.24) is 10.6 Å². The summed E-state index contributed by atoms with van der Waals surface area (Å²) in [6.07, 6.45) is 1.55. The van der Waals surface area contributed by atoms with E-state index in [1.165, 1.54) is 5.56 Å². The van der Waals surface area contributed by atoms with Crippen LogP contribution in [0, 0.1) is 0 Å². The zero-order valence-corrected chi connectivity index (χ0v) is 14.2. The Balaban J connectivity index is 1.69. The summed E-state index contributed by atoms with van der Waals surface area (Å²) in [5.74, 6) is 1.40. The molecule has 0 aliphatic rings. The molecular formula is C19H24N2O3. The fraction of sp³-hybridized carbons (Fsp3) is 0.316. The molecule has 2 rings (SSSR count). The van der Waals surface area contributed by atoms with Crippen LogP contribution < -0.4 is 20.1 Å². The number of hydrogen-bond donors (Lipinski definition) is 2. The van der Waals surface area contributed by atoms with E-state index in [2.05, 4.69) is 22.8 Å². The lowest BCUT2D eigenvalue weighted by Gasteiger charge is -2.10. The molecule has 0 heterocycles. The van der Waals surface area contributed by atoms with Gasteiger partial charge in [-0.1, -0.05) is 36.4 Å². The Kier molecular flexibility index (Phi) is 6.95. The topological polar surface area (TPSA) is 59.6 Å². The van der Waals surface area contributed by atoms with E-state index in [0.717, 1.165) is 18.4 Å². The molecule has 2 amide bonds. The molecule has 0 unspecified atom stereocenters. The second-order valence-electron chi connectivity index (χ2n) is 5.36. The molecule has 0 fully saturated rings. The number of carbonyl (C=O) groups excluding carboxylic acids is 1. The van der Waals surface area contributed by atoms with Gasteiger partial charge in [-0.2, -0.15) is 0 Å². The molecule has 2 aromatic carbocycles. The normalized spacial score (nSPS) is 10.1. The first-order valence-corrected chi connectivity index (χ1v) is 7.99. The minimum absolute atomic E-state index is 0.147. The van der Waals surface area contributed by atoms with Gasteiger partial charge in [-0.15, -0.1) is 0 Å². The maximum atomic E-state index is 11.8. The third kappa shape index (κ3) is 5.50. The van der Waals surface area contributed by atoms with Crippen molar-refractivity contribution >= 4 is 6.03 Å². The Morgan fingerprint density at radius 1 is 0.833 bits per heavy atom. The van der Waals surface area contributed by atoms with Crippen LogP contribution in [-0.2, 0) is 12.8 Å². The summed E-state index contributed by atoms with van der Waals surface area (Å²) in [4.78, 5) is 11.8. The van der Waals surface area contributed by atoms with E-state index < -0.39 is 0 Å². The van der Waals surface area contributed by atoms with Crippen molar-refractivity contribution < 1.29 is 14.3 Å². The molecule has 0 radical (unpaired) electrons. The van der Waals surface area contributed by atoms with Gasteiger partial charge in [0, 0.05) is 13.1 Å². The first-order chi connectivity index (χ1) is 11.7. The van der Waals surface area contributed by atoms with Gasteiger partial charge in [0.1, 0.15) is 0 Å². The molecule has 0 atom stereocenters. The van der Waals surface area contributed by atoms with Crippen LogP contribution in [0.2, 0.25) is 0 Å². The van der Waals surface area contributed by atoms with E-state index in [1.807, 2.05) is 36.4 Å². The van der Waals surface area contributed by atoms with Crippen molar-refractivity contribution in [2.45, 2.75) is 12.8 Å². The number of hydrogen-bond acceptors (Lipinski definition) is 3. The molecule has 0 aliphatic carbocycles. The zero-order valence-electron chi connectivity index (χ0n) is 14.2. The molecule has 0 bridgehead atoms. The molecule has 5 nitrogen and oxygen atoms in total. The highest BCUT2D eigenvalue weighted by atomic mass is 16.5. The molecule has 0 spiro atoms. The molecule has 5 heteroatoms. The van der Waals surface area contributed by atoms with Gasteiger partial charge in [0.15, 0.2) is 11.5 Å². The number of methoxy groups -OCH3 is 2. The van der Waals surface area contributed by atoms with Crippen LogP contribution in [-0.4, -0.2) is 33.3 Å². The lowest BCUT2D eigenvalue weighted by molar-refractivity contribution is 0.241. The van der Waals surface area contributed by atoms with Crippen LogP contribution in [0.4, 0.5) is 4.79 Å². The number of benzene rings is 2. The first kappa shape index (κ1) is 17.7. The number of urea groups is 1. The van der Waals surface area contributed by atoms with Crippen molar-refractivity contribution in [2.24, 2.45) is 0 Å². The fourth-order valence-electron chi connectivity index (χ4n) is 2.38. The Bertz CT molecular complexity index is 644. The summed E-state index contributed by atoms with van der Waals surface area (Å²) in [5.41, 5.74) is 2.29. The van der Waals surface area contributed by atoms with Crippen LogP contribution in [0.15, 0.2) is 48.5 Å². The van der Waals surface area contributed by atoms with Gasteiger partial charge < -0.3 is 20.1 Å². The monoisotopic (exact) mass is 328 g/mol. The summed E-state index contributed by atoms with van der Waals surface area (Å²) in [5, 5.41) is 5.72. The lowest BCUT2D eigenvalue weighted by atomic mass is 10.1. The molecule has 0 saturated heterocycles. The van der Waals surface area contributed by atoms with Crippen LogP contribution >= 0.6 is 0 Å². The SMILES string of the molecule is COc1ccc(CCNC(=O)NCCc2ccccc2)cc1OC. The minimum atomic E-state index is -0.147. The average molecular weight is 328 g/mol. The van der Waals surface area contributed by atoms with Gasteiger partial charge in [0.2, 0.25) is 0 Å². The zero-order chi connectivity index (χ0) is 17.2. The van der Waals surface area contributed by atoms with Crippen molar-refractivity contribution in [3.63, 3.8) is 0 Å². The summed E-state index contributed by atoms with van der Waals surface area (Å²) in [6.45, 7) is 1.18. The Labute approximate surface area is 143 Å². The van der Waals surface area contributed by atoms with E-state index in [9.17, 15) is 4.79 Å². The molecule has 2 aromatic rings. The van der Waals surface area contributed by atoms with Gasteiger partial charge >= 0.3 is 6.03 Å². The lowest BCUT2D eigenvalue weighted by Crippen LogP contribution is -2.37. The molecule has 0 aromatic heterocycles. The third-order valence-corrected chi connectivity index (χ3v) is 3.69. The number of nitrogens with one attached hydrogen (secondary N) is 2. The molecule has 0 saturated carbocycles. The number of amides is 2. The van der Waals surface area contributed by atoms with Crippen molar-refractivity contribution in [3.05, 3.63) is 59.7 Å². The van der Waals surface area contributed by atoms with Crippen LogP contribution in [0.3, 0.4) is 0 Å². The molecule has 2 N–H and O–H groups in total. The standard InChI is InChI=1S/C19H24N2O3/c1-23-17-9-8-16(14-18(17)24-2)11-13-21-19(22)20-12-10-15-6-4-3-5-7-15/h3-9,14H,10-13H2,1-2H3,(H2,20,21,22). The second-order valence-corrected chi connectivity index (χ2v) is 5.36. The van der Waals surface area contributed by atoms with Crippen molar-refractivity contribution in [2.75, 3.05) is 27.3 Å². The first-order valence-electron chi connectivity index (χ1n) is 7.99. The van der Waals surface area contributed by atoms with Crippen molar-refractivity contribution in [3.8, 4) is 11.5 Å². The summed E-state index contributed by atoms with van der Waals surface area (Å²) >= 11 is 0. The van der Waals surface area contributed by atoms with Crippen LogP contribution in [0.25, 0.3) is 0 Å². The smallest absolute Gasteiger partial charge is 0.314 e. The quantitative estimate of drug-likeness (QED) is 0.783. The highest BCUT2D eigenvalue weighted by molar-refractivity contribution is 5.73. The molecular weight excluding hydrogens is 304 g/mol. The second kappa shape index (κ2) is 9.45. The highest BCUT2D eigenvalue weighted by Gasteiger charge is 2.05. The van der Waals surface area contributed by atoms with Crippen molar-refractivity contribution in [1.29, 1.82) is 0 Å². The average Bonchev–Trinajstić information content (AvgIpc) is 2.62. The van der Waals surface area contributed by atoms with Gasteiger partial charge in [-0.05, 0) is 36.1 Å². The highest BCUT2D eigenvalue weighted by Crippen LogP contribution is 2.27. The predicted octanol–water partition coefficient (Wildman–Crippen LogP) is 2.79. The third-order valence-electron chi connectivity index (χ3n) is 3.69. The summed E-state index contributed by atoms with van der Waals surface area (Å²) in [7, 11) is 3.22. The van der Waals surface area contributed by atoms with E-state index in [1.54, 1.807) is 14.2 Å². The van der Waals surface area contributed by atoms with E-state index in [-0.39, 0.29) is 6.03 Å². The molecule has 24 heavy (non-hydrogen) atoms. The van der Waals surface area contributed by atoms with Gasteiger partial charge in [-0.3, -0.25) is 0 Å². The maximum absolute atomic E-state index is 11.8. The van der Waals surface area contributed by atoms with Gasteiger partial charge in [0.25, 0.3) is 0 Å². The van der Waals surface area contributed by atoms with E-state index in [0.29, 0.717) is 24.6 Å². The predicted molar refractivity (Wildman–Crippen MR) is 94.8 cm³/mol. The van der Waals surface area contributed by atoms with Crippen LogP contribution in [0.1, 0.15) is 11.1 Å². The number of carbonyl (C=O) groups is 1. The minimum Gasteiger partial charge on any atom is -0.493 e. The molecule has 0 aliphatic heterocycles. The number of rotatable bonds is 8. The number of ether oxygens (including phenoxy) is 2.